The molecule has 0 amide bonds. The van der Waals surface area contributed by atoms with E-state index in [-0.39, 0.29) is 29.0 Å². The van der Waals surface area contributed by atoms with E-state index in [0.717, 1.165) is 0 Å². The highest BCUT2D eigenvalue weighted by atomic mass is 35.5. The quantitative estimate of drug-likeness (QED) is 0.434. The molecule has 0 aromatic heterocycles. The van der Waals surface area contributed by atoms with Crippen molar-refractivity contribution in [3.05, 3.63) is 28.3 Å². The average Bonchev–Trinajstić information content (AvgIpc) is 2.37. The predicted molar refractivity (Wildman–Crippen MR) is 80.8 cm³/mol. The molecular formula is C13H18ClNO5S. The first-order valence-corrected chi connectivity index (χ1v) is 8.53. The molecule has 6 nitrogen and oxygen atoms in total. The Morgan fingerprint density at radius 3 is 2.43 bits per heavy atom. The largest absolute Gasteiger partial charge is 0.484 e. The van der Waals surface area contributed by atoms with Gasteiger partial charge in [-0.2, -0.15) is 0 Å². The van der Waals surface area contributed by atoms with Crippen LogP contribution in [0.3, 0.4) is 0 Å². The summed E-state index contributed by atoms with van der Waals surface area (Å²) in [5.74, 6) is 0.116. The molecule has 1 aromatic rings. The number of alkyl halides is 1. The zero-order valence-corrected chi connectivity index (χ0v) is 13.6. The molecule has 0 heterocycles. The van der Waals surface area contributed by atoms with Gasteiger partial charge in [0.25, 0.3) is 0 Å². The van der Waals surface area contributed by atoms with E-state index < -0.39 is 25.7 Å². The second kappa shape index (κ2) is 7.09. The van der Waals surface area contributed by atoms with Gasteiger partial charge in [0, 0.05) is 5.88 Å². The van der Waals surface area contributed by atoms with E-state index in [4.69, 9.17) is 16.3 Å². The summed E-state index contributed by atoms with van der Waals surface area (Å²) >= 11 is 5.57. The molecule has 0 N–H and O–H groups in total. The number of hydrogen-bond donors (Lipinski definition) is 0. The minimum Gasteiger partial charge on any atom is -0.484 e. The number of ether oxygens (including phenoxy) is 1. The fourth-order valence-electron chi connectivity index (χ4n) is 1.79. The number of para-hydroxylation sites is 1. The number of halogens is 1. The molecule has 0 saturated carbocycles. The van der Waals surface area contributed by atoms with Gasteiger partial charge in [-0.25, -0.2) is 8.42 Å². The fraction of sp³-hybridized carbons (Fsp3) is 0.538. The Balaban J connectivity index is 3.46. The lowest BCUT2D eigenvalue weighted by molar-refractivity contribution is -0.389. The molecule has 1 atom stereocenters. The summed E-state index contributed by atoms with van der Waals surface area (Å²) < 4.78 is 30.3. The Hall–Kier alpha value is -1.34. The maximum absolute atomic E-state index is 12.5. The summed E-state index contributed by atoms with van der Waals surface area (Å²) in [6.07, 6.45) is -0.0852. The van der Waals surface area contributed by atoms with Crippen molar-refractivity contribution >= 4 is 27.1 Å². The minimum absolute atomic E-state index is 0.0471. The van der Waals surface area contributed by atoms with Crippen molar-refractivity contribution in [2.75, 3.05) is 5.88 Å². The smallest absolute Gasteiger partial charge is 0.329 e. The number of nitrogens with zero attached hydrogens (tertiary/aromatic N) is 1. The highest BCUT2D eigenvalue weighted by Gasteiger charge is 2.33. The van der Waals surface area contributed by atoms with Gasteiger partial charge < -0.3 is 4.74 Å². The average molecular weight is 336 g/mol. The van der Waals surface area contributed by atoms with Gasteiger partial charge >= 0.3 is 5.69 Å². The van der Waals surface area contributed by atoms with E-state index in [0.29, 0.717) is 0 Å². The number of rotatable bonds is 7. The molecule has 118 valence electrons. The topological polar surface area (TPSA) is 86.5 Å². The Bertz CT molecular complexity index is 615. The van der Waals surface area contributed by atoms with Gasteiger partial charge in [-0.1, -0.05) is 6.07 Å². The maximum atomic E-state index is 12.5. The molecule has 8 heteroatoms. The Labute approximate surface area is 129 Å². The summed E-state index contributed by atoms with van der Waals surface area (Å²) in [7, 11) is -3.84. The molecule has 1 aromatic carbocycles. The van der Waals surface area contributed by atoms with E-state index >= 15 is 0 Å². The van der Waals surface area contributed by atoms with Crippen LogP contribution in [-0.4, -0.2) is 30.6 Å². The first-order chi connectivity index (χ1) is 9.71. The number of sulfone groups is 1. The Kier molecular flexibility index (Phi) is 5.98. The van der Waals surface area contributed by atoms with Crippen LogP contribution in [-0.2, 0) is 9.84 Å². The fourth-order valence-corrected chi connectivity index (χ4v) is 3.82. The third kappa shape index (κ3) is 4.07. The van der Waals surface area contributed by atoms with Gasteiger partial charge in [-0.05, 0) is 39.3 Å². The molecule has 0 spiro atoms. The molecular weight excluding hydrogens is 318 g/mol. The van der Waals surface area contributed by atoms with Crippen LogP contribution in [0.15, 0.2) is 23.1 Å². The zero-order valence-electron chi connectivity index (χ0n) is 12.1. The Morgan fingerprint density at radius 2 is 1.95 bits per heavy atom. The molecule has 0 aliphatic carbocycles. The van der Waals surface area contributed by atoms with Crippen molar-refractivity contribution in [3.63, 3.8) is 0 Å². The SMILES string of the molecule is CC(C)Oc1cccc(S(=O)(=O)C(C)CCCl)c1[N+](=O)[O-]. The van der Waals surface area contributed by atoms with E-state index in [1.807, 2.05) is 0 Å². The van der Waals surface area contributed by atoms with E-state index in [1.165, 1.54) is 25.1 Å². The lowest BCUT2D eigenvalue weighted by atomic mass is 10.3. The molecule has 0 radical (unpaired) electrons. The number of hydrogen-bond acceptors (Lipinski definition) is 5. The van der Waals surface area contributed by atoms with Crippen LogP contribution in [0.2, 0.25) is 0 Å². The van der Waals surface area contributed by atoms with Gasteiger partial charge in [0.1, 0.15) is 4.90 Å². The number of benzene rings is 1. The van der Waals surface area contributed by atoms with Crippen molar-refractivity contribution in [1.29, 1.82) is 0 Å². The molecule has 1 rings (SSSR count). The molecule has 21 heavy (non-hydrogen) atoms. The third-order valence-electron chi connectivity index (χ3n) is 2.86. The molecule has 1 unspecified atom stereocenters. The highest BCUT2D eigenvalue weighted by molar-refractivity contribution is 7.92. The molecule has 0 fully saturated rings. The van der Waals surface area contributed by atoms with Gasteiger partial charge in [0.15, 0.2) is 15.6 Å². The van der Waals surface area contributed by atoms with Gasteiger partial charge in [0.05, 0.1) is 16.3 Å². The monoisotopic (exact) mass is 335 g/mol. The Morgan fingerprint density at radius 1 is 1.33 bits per heavy atom. The normalized spacial score (nSPS) is 13.2. The van der Waals surface area contributed by atoms with Crippen LogP contribution in [0.1, 0.15) is 27.2 Å². The molecule has 0 saturated heterocycles. The van der Waals surface area contributed by atoms with Crippen LogP contribution in [0.5, 0.6) is 5.75 Å². The van der Waals surface area contributed by atoms with Crippen molar-refractivity contribution in [2.24, 2.45) is 0 Å². The minimum atomic E-state index is -3.84. The van der Waals surface area contributed by atoms with Crippen molar-refractivity contribution < 1.29 is 18.1 Å². The van der Waals surface area contributed by atoms with Crippen LogP contribution >= 0.6 is 11.6 Å². The maximum Gasteiger partial charge on any atom is 0.329 e. The van der Waals surface area contributed by atoms with Crippen molar-refractivity contribution in [3.8, 4) is 5.75 Å². The van der Waals surface area contributed by atoms with Gasteiger partial charge in [-0.3, -0.25) is 10.1 Å². The van der Waals surface area contributed by atoms with E-state index in [9.17, 15) is 18.5 Å². The second-order valence-corrected chi connectivity index (χ2v) is 7.57. The highest BCUT2D eigenvalue weighted by Crippen LogP contribution is 2.36. The number of nitro benzene ring substituents is 1. The number of nitro groups is 1. The van der Waals surface area contributed by atoms with Crippen molar-refractivity contribution in [2.45, 2.75) is 43.4 Å². The third-order valence-corrected chi connectivity index (χ3v) is 5.31. The predicted octanol–water partition coefficient (Wildman–Crippen LogP) is 3.17. The summed E-state index contributed by atoms with van der Waals surface area (Å²) in [4.78, 5) is 10.2. The van der Waals surface area contributed by atoms with Crippen LogP contribution < -0.4 is 4.74 Å². The second-order valence-electron chi connectivity index (χ2n) is 4.86. The summed E-state index contributed by atoms with van der Waals surface area (Å²) in [5.41, 5.74) is -0.521. The lowest BCUT2D eigenvalue weighted by Gasteiger charge is -2.15. The first kappa shape index (κ1) is 17.7. The molecule has 0 bridgehead atoms. The van der Waals surface area contributed by atoms with Crippen LogP contribution in [0, 0.1) is 10.1 Å². The van der Waals surface area contributed by atoms with Gasteiger partial charge in [0.2, 0.25) is 0 Å². The zero-order chi connectivity index (χ0) is 16.2. The molecule has 0 aliphatic heterocycles. The summed E-state index contributed by atoms with van der Waals surface area (Å²) in [6, 6.07) is 4.06. The van der Waals surface area contributed by atoms with E-state index in [1.54, 1.807) is 13.8 Å². The molecule has 0 aliphatic rings. The lowest BCUT2D eigenvalue weighted by Crippen LogP contribution is -2.20. The first-order valence-electron chi connectivity index (χ1n) is 6.45. The van der Waals surface area contributed by atoms with Gasteiger partial charge in [-0.15, -0.1) is 11.6 Å². The van der Waals surface area contributed by atoms with Crippen molar-refractivity contribution in [1.82, 2.24) is 0 Å². The summed E-state index contributed by atoms with van der Waals surface area (Å²) in [6.45, 7) is 4.90. The standard InChI is InChI=1S/C13H18ClNO5S/c1-9(2)20-11-5-4-6-12(13(11)15(16)17)21(18,19)10(3)7-8-14/h4-6,9-10H,7-8H2,1-3H3. The van der Waals surface area contributed by atoms with Crippen LogP contribution in [0.25, 0.3) is 0 Å². The summed E-state index contributed by atoms with van der Waals surface area (Å²) in [5, 5.41) is 10.5. The van der Waals surface area contributed by atoms with Crippen LogP contribution in [0.4, 0.5) is 5.69 Å². The van der Waals surface area contributed by atoms with E-state index in [2.05, 4.69) is 0 Å².